The largest absolute Gasteiger partial charge is 0.507 e. The molecule has 0 radical (unpaired) electrons. The molecule has 0 atom stereocenters. The van der Waals surface area contributed by atoms with Gasteiger partial charge in [-0.05, 0) is 34.0 Å². The third kappa shape index (κ3) is 1.81. The highest BCUT2D eigenvalue weighted by molar-refractivity contribution is 6.08. The minimum atomic E-state index is 0.267. The standard InChI is InChI=1S/C20H14O2/c21-18-11-4-8-14-15(7-3-9-16(14)18)17-10-1-5-13-6-2-12-19(22)20(13)17/h1-12,21-22H. The normalized spacial score (nSPS) is 11.1. The Morgan fingerprint density at radius 3 is 1.95 bits per heavy atom. The molecule has 0 aromatic heterocycles. The SMILES string of the molecule is Oc1cccc2c(-c3cccc4cccc(O)c34)cccc12. The summed E-state index contributed by atoms with van der Waals surface area (Å²) >= 11 is 0. The van der Waals surface area contributed by atoms with E-state index in [0.29, 0.717) is 0 Å². The Labute approximate surface area is 127 Å². The van der Waals surface area contributed by atoms with Crippen LogP contribution in [0.4, 0.5) is 0 Å². The Balaban J connectivity index is 2.15. The second-order valence-electron chi connectivity index (χ2n) is 5.36. The van der Waals surface area contributed by atoms with E-state index in [1.807, 2.05) is 60.7 Å². The van der Waals surface area contributed by atoms with Crippen LogP contribution in [0.15, 0.2) is 72.8 Å². The van der Waals surface area contributed by atoms with Gasteiger partial charge >= 0.3 is 0 Å². The van der Waals surface area contributed by atoms with E-state index in [1.54, 1.807) is 12.1 Å². The topological polar surface area (TPSA) is 40.5 Å². The highest BCUT2D eigenvalue weighted by atomic mass is 16.3. The number of fused-ring (bicyclic) bond motifs is 2. The first kappa shape index (κ1) is 12.7. The summed E-state index contributed by atoms with van der Waals surface area (Å²) in [4.78, 5) is 0. The molecule has 0 aliphatic rings. The molecule has 0 spiro atoms. The van der Waals surface area contributed by atoms with Gasteiger partial charge in [0.2, 0.25) is 0 Å². The number of hydrogen-bond acceptors (Lipinski definition) is 2. The molecule has 0 heterocycles. The maximum absolute atomic E-state index is 10.3. The molecule has 2 N–H and O–H groups in total. The average molecular weight is 286 g/mol. The number of phenols is 2. The van der Waals surface area contributed by atoms with Crippen molar-refractivity contribution in [3.63, 3.8) is 0 Å². The summed E-state index contributed by atoms with van der Waals surface area (Å²) in [6.45, 7) is 0. The van der Waals surface area contributed by atoms with E-state index in [0.717, 1.165) is 32.7 Å². The molecule has 0 fully saturated rings. The Bertz CT molecular complexity index is 998. The first-order valence-corrected chi connectivity index (χ1v) is 7.17. The van der Waals surface area contributed by atoms with Crippen LogP contribution in [0, 0.1) is 0 Å². The Hall–Kier alpha value is -3.00. The molecule has 2 nitrogen and oxygen atoms in total. The lowest BCUT2D eigenvalue weighted by molar-refractivity contribution is 0.481. The zero-order chi connectivity index (χ0) is 15.1. The lowest BCUT2D eigenvalue weighted by atomic mass is 9.93. The fraction of sp³-hybridized carbons (Fsp3) is 0. The van der Waals surface area contributed by atoms with Crippen LogP contribution >= 0.6 is 0 Å². The molecule has 4 aromatic carbocycles. The quantitative estimate of drug-likeness (QED) is 0.513. The van der Waals surface area contributed by atoms with Gasteiger partial charge in [0.15, 0.2) is 0 Å². The smallest absolute Gasteiger partial charge is 0.124 e. The minimum Gasteiger partial charge on any atom is -0.507 e. The lowest BCUT2D eigenvalue weighted by Crippen LogP contribution is -1.85. The summed E-state index contributed by atoms with van der Waals surface area (Å²) in [5, 5.41) is 24.0. The van der Waals surface area contributed by atoms with Gasteiger partial charge in [-0.3, -0.25) is 0 Å². The van der Waals surface area contributed by atoms with Gasteiger partial charge in [0.25, 0.3) is 0 Å². The minimum absolute atomic E-state index is 0.267. The molecule has 0 amide bonds. The summed E-state index contributed by atoms with van der Waals surface area (Å²) in [7, 11) is 0. The Morgan fingerprint density at radius 1 is 0.500 bits per heavy atom. The highest BCUT2D eigenvalue weighted by Gasteiger charge is 2.11. The second-order valence-corrected chi connectivity index (χ2v) is 5.36. The average Bonchev–Trinajstić information content (AvgIpc) is 2.55. The molecular weight excluding hydrogens is 272 g/mol. The van der Waals surface area contributed by atoms with Crippen LogP contribution in [0.1, 0.15) is 0 Å². The van der Waals surface area contributed by atoms with Gasteiger partial charge in [-0.15, -0.1) is 0 Å². The van der Waals surface area contributed by atoms with Crippen molar-refractivity contribution in [2.45, 2.75) is 0 Å². The molecular formula is C20H14O2. The van der Waals surface area contributed by atoms with Crippen LogP contribution in [0.3, 0.4) is 0 Å². The monoisotopic (exact) mass is 286 g/mol. The second kappa shape index (κ2) is 4.78. The van der Waals surface area contributed by atoms with Crippen molar-refractivity contribution in [3.05, 3.63) is 72.8 Å². The Kier molecular flexibility index (Phi) is 2.76. The van der Waals surface area contributed by atoms with Gasteiger partial charge in [-0.1, -0.05) is 60.7 Å². The molecule has 4 aromatic rings. The zero-order valence-electron chi connectivity index (χ0n) is 11.8. The van der Waals surface area contributed by atoms with Crippen LogP contribution in [0.5, 0.6) is 11.5 Å². The predicted molar refractivity (Wildman–Crippen MR) is 90.2 cm³/mol. The summed E-state index contributed by atoms with van der Waals surface area (Å²) < 4.78 is 0. The molecule has 0 saturated carbocycles. The van der Waals surface area contributed by atoms with E-state index in [1.165, 1.54) is 0 Å². The van der Waals surface area contributed by atoms with Crippen molar-refractivity contribution >= 4 is 21.5 Å². The van der Waals surface area contributed by atoms with Crippen LogP contribution in [-0.4, -0.2) is 10.2 Å². The Morgan fingerprint density at radius 2 is 1.09 bits per heavy atom. The fourth-order valence-electron chi connectivity index (χ4n) is 3.07. The number of rotatable bonds is 1. The van der Waals surface area contributed by atoms with Crippen molar-refractivity contribution in [2.24, 2.45) is 0 Å². The summed E-state index contributed by atoms with van der Waals surface area (Å²) in [5.41, 5.74) is 1.97. The molecule has 106 valence electrons. The fourth-order valence-corrected chi connectivity index (χ4v) is 3.07. The van der Waals surface area contributed by atoms with Gasteiger partial charge in [-0.25, -0.2) is 0 Å². The molecule has 0 aliphatic carbocycles. The van der Waals surface area contributed by atoms with Crippen LogP contribution in [0.2, 0.25) is 0 Å². The summed E-state index contributed by atoms with van der Waals surface area (Å²) in [6, 6.07) is 22.9. The van der Waals surface area contributed by atoms with Crippen molar-refractivity contribution in [3.8, 4) is 22.6 Å². The van der Waals surface area contributed by atoms with Crippen molar-refractivity contribution in [1.29, 1.82) is 0 Å². The van der Waals surface area contributed by atoms with E-state index in [4.69, 9.17) is 0 Å². The molecule has 0 saturated heterocycles. The lowest BCUT2D eigenvalue weighted by Gasteiger charge is -2.12. The van der Waals surface area contributed by atoms with Gasteiger partial charge < -0.3 is 10.2 Å². The van der Waals surface area contributed by atoms with Gasteiger partial charge in [0.05, 0.1) is 0 Å². The summed E-state index contributed by atoms with van der Waals surface area (Å²) in [6.07, 6.45) is 0. The van der Waals surface area contributed by atoms with Gasteiger partial charge in [0.1, 0.15) is 11.5 Å². The van der Waals surface area contributed by atoms with E-state index in [-0.39, 0.29) is 11.5 Å². The third-order valence-corrected chi connectivity index (χ3v) is 4.07. The molecule has 0 unspecified atom stereocenters. The van der Waals surface area contributed by atoms with E-state index in [2.05, 4.69) is 0 Å². The number of aromatic hydroxyl groups is 2. The van der Waals surface area contributed by atoms with Gasteiger partial charge in [-0.2, -0.15) is 0 Å². The van der Waals surface area contributed by atoms with E-state index >= 15 is 0 Å². The van der Waals surface area contributed by atoms with Gasteiger partial charge in [0, 0.05) is 10.8 Å². The summed E-state index contributed by atoms with van der Waals surface area (Å²) in [5.74, 6) is 0.536. The van der Waals surface area contributed by atoms with E-state index < -0.39 is 0 Å². The molecule has 22 heavy (non-hydrogen) atoms. The maximum atomic E-state index is 10.3. The molecule has 2 heteroatoms. The van der Waals surface area contributed by atoms with Crippen molar-refractivity contribution < 1.29 is 10.2 Å². The van der Waals surface area contributed by atoms with Crippen molar-refractivity contribution in [1.82, 2.24) is 0 Å². The first-order chi connectivity index (χ1) is 10.8. The zero-order valence-corrected chi connectivity index (χ0v) is 11.8. The molecule has 4 rings (SSSR count). The number of benzene rings is 4. The molecule has 0 bridgehead atoms. The van der Waals surface area contributed by atoms with Crippen LogP contribution < -0.4 is 0 Å². The number of phenolic OH excluding ortho intramolecular Hbond substituents is 2. The van der Waals surface area contributed by atoms with Crippen LogP contribution in [-0.2, 0) is 0 Å². The number of hydrogen-bond donors (Lipinski definition) is 2. The maximum Gasteiger partial charge on any atom is 0.124 e. The highest BCUT2D eigenvalue weighted by Crippen LogP contribution is 2.39. The van der Waals surface area contributed by atoms with Crippen LogP contribution in [0.25, 0.3) is 32.7 Å². The third-order valence-electron chi connectivity index (χ3n) is 4.07. The van der Waals surface area contributed by atoms with Crippen molar-refractivity contribution in [2.75, 3.05) is 0 Å². The molecule has 0 aliphatic heterocycles. The predicted octanol–water partition coefficient (Wildman–Crippen LogP) is 5.07. The first-order valence-electron chi connectivity index (χ1n) is 7.17. The van der Waals surface area contributed by atoms with E-state index in [9.17, 15) is 10.2 Å².